The van der Waals surface area contributed by atoms with Crippen molar-refractivity contribution in [2.45, 2.75) is 6.92 Å². The second kappa shape index (κ2) is 5.95. The Hall–Kier alpha value is -2.73. The van der Waals surface area contributed by atoms with E-state index in [1.54, 1.807) is 12.1 Å². The zero-order chi connectivity index (χ0) is 15.5. The molecule has 0 bridgehead atoms. The fraction of sp³-hybridized carbons (Fsp3) is 0.0625. The Bertz CT molecular complexity index is 819. The van der Waals surface area contributed by atoms with Crippen molar-refractivity contribution in [3.8, 4) is 0 Å². The van der Waals surface area contributed by atoms with E-state index in [-0.39, 0.29) is 11.9 Å². The van der Waals surface area contributed by atoms with Gasteiger partial charge in [0.1, 0.15) is 5.52 Å². The van der Waals surface area contributed by atoms with E-state index in [2.05, 4.69) is 15.3 Å². The van der Waals surface area contributed by atoms with Gasteiger partial charge in [0.25, 0.3) is 11.0 Å². The topological polar surface area (TPSA) is 82.0 Å². The molecule has 1 aromatic heterocycles. The zero-order valence-corrected chi connectivity index (χ0v) is 12.8. The van der Waals surface area contributed by atoms with Gasteiger partial charge in [-0.15, -0.1) is 4.98 Å². The highest BCUT2D eigenvalue weighted by atomic mass is 32.1. The number of aryl methyl sites for hydroxylation is 1. The average molecular weight is 311 g/mol. The van der Waals surface area contributed by atoms with Crippen molar-refractivity contribution in [2.75, 3.05) is 0 Å². The van der Waals surface area contributed by atoms with Crippen LogP contribution in [0.4, 0.5) is 5.13 Å². The summed E-state index contributed by atoms with van der Waals surface area (Å²) in [5.41, 5.74) is 8.39. The maximum absolute atomic E-state index is 12.1. The van der Waals surface area contributed by atoms with E-state index in [1.807, 2.05) is 43.3 Å². The van der Waals surface area contributed by atoms with Crippen LogP contribution in [0, 0.1) is 6.92 Å². The molecule has 1 amide bonds. The molecule has 0 radical (unpaired) electrons. The van der Waals surface area contributed by atoms with E-state index in [4.69, 9.17) is 5.73 Å². The summed E-state index contributed by atoms with van der Waals surface area (Å²) in [6, 6.07) is 15.1. The van der Waals surface area contributed by atoms with Crippen molar-refractivity contribution in [1.29, 1.82) is 0 Å². The quantitative estimate of drug-likeness (QED) is 0.489. The number of nitrogens with one attached hydrogen (secondary N) is 2. The van der Waals surface area contributed by atoms with Crippen LogP contribution < -0.4 is 16.0 Å². The maximum atomic E-state index is 12.1. The summed E-state index contributed by atoms with van der Waals surface area (Å²) in [7, 11) is 0. The lowest BCUT2D eigenvalue weighted by atomic mass is 10.1. The summed E-state index contributed by atoms with van der Waals surface area (Å²) < 4.78 is 1.06. The maximum Gasteiger partial charge on any atom is 0.312 e. The van der Waals surface area contributed by atoms with E-state index in [0.717, 1.165) is 15.8 Å². The number of amides is 1. The molecule has 0 aliphatic carbocycles. The largest absolute Gasteiger partial charge is 0.312 e. The highest BCUT2D eigenvalue weighted by Crippen LogP contribution is 2.21. The second-order valence-electron chi connectivity index (χ2n) is 4.85. The van der Waals surface area contributed by atoms with E-state index >= 15 is 0 Å². The third-order valence-electron chi connectivity index (χ3n) is 3.10. The van der Waals surface area contributed by atoms with Crippen molar-refractivity contribution >= 4 is 38.6 Å². The van der Waals surface area contributed by atoms with Crippen molar-refractivity contribution < 1.29 is 9.79 Å². The van der Waals surface area contributed by atoms with Crippen LogP contribution in [0.3, 0.4) is 0 Å². The molecule has 6 heteroatoms. The number of hydrogen-bond acceptors (Lipinski definition) is 3. The van der Waals surface area contributed by atoms with Gasteiger partial charge in [-0.3, -0.25) is 4.79 Å². The predicted octanol–water partition coefficient (Wildman–Crippen LogP) is 1.06. The first kappa shape index (κ1) is 14.2. The smallest absolute Gasteiger partial charge is 0.310 e. The molecule has 0 atom stereocenters. The van der Waals surface area contributed by atoms with Gasteiger partial charge >= 0.3 is 5.96 Å². The first-order valence-corrected chi connectivity index (χ1v) is 7.56. The minimum absolute atomic E-state index is 0.157. The Balaban J connectivity index is 1.76. The number of fused-ring (bicyclic) bond motifs is 1. The van der Waals surface area contributed by atoms with Gasteiger partial charge in [-0.2, -0.15) is 0 Å². The van der Waals surface area contributed by atoms with Gasteiger partial charge in [0.05, 0.1) is 10.3 Å². The monoisotopic (exact) mass is 311 g/mol. The van der Waals surface area contributed by atoms with Crippen LogP contribution in [-0.4, -0.2) is 16.9 Å². The number of rotatable bonds is 2. The van der Waals surface area contributed by atoms with E-state index in [9.17, 15) is 4.79 Å². The molecular weight excluding hydrogens is 296 g/mol. The van der Waals surface area contributed by atoms with Crippen molar-refractivity contribution in [2.24, 2.45) is 5.73 Å². The van der Waals surface area contributed by atoms with Crippen LogP contribution >= 0.6 is 11.3 Å². The number of para-hydroxylation sites is 1. The van der Waals surface area contributed by atoms with Crippen LogP contribution in [0.5, 0.6) is 0 Å². The summed E-state index contributed by atoms with van der Waals surface area (Å²) >= 11 is 1.48. The van der Waals surface area contributed by atoms with Crippen LogP contribution in [-0.2, 0) is 0 Å². The summed E-state index contributed by atoms with van der Waals surface area (Å²) in [6.07, 6.45) is 0. The lowest BCUT2D eigenvalue weighted by Gasteiger charge is -2.00. The number of benzene rings is 2. The molecule has 1 heterocycles. The molecule has 2 aromatic carbocycles. The Morgan fingerprint density at radius 2 is 1.91 bits per heavy atom. The molecule has 5 nitrogen and oxygen atoms in total. The summed E-state index contributed by atoms with van der Waals surface area (Å²) in [4.78, 5) is 19.4. The summed E-state index contributed by atoms with van der Waals surface area (Å²) in [5, 5.41) is 3.26. The Morgan fingerprint density at radius 3 is 2.64 bits per heavy atom. The van der Waals surface area contributed by atoms with Crippen molar-refractivity contribution in [1.82, 2.24) is 10.3 Å². The number of aromatic nitrogens is 1. The lowest BCUT2D eigenvalue weighted by molar-refractivity contribution is -0.356. The minimum atomic E-state index is -0.258. The lowest BCUT2D eigenvalue weighted by Crippen LogP contribution is -2.74. The number of carbonyl (C=O) groups excluding carboxylic acids is 1. The van der Waals surface area contributed by atoms with Gasteiger partial charge in [-0.25, -0.2) is 10.3 Å². The third-order valence-corrected chi connectivity index (χ3v) is 4.05. The molecule has 110 valence electrons. The Morgan fingerprint density at radius 1 is 1.18 bits per heavy atom. The molecule has 0 saturated carbocycles. The van der Waals surface area contributed by atoms with Crippen molar-refractivity contribution in [3.63, 3.8) is 0 Å². The fourth-order valence-corrected chi connectivity index (χ4v) is 2.85. The van der Waals surface area contributed by atoms with Crippen molar-refractivity contribution in [3.05, 3.63) is 59.7 Å². The zero-order valence-electron chi connectivity index (χ0n) is 12.0. The molecule has 3 rings (SSSR count). The normalized spacial score (nSPS) is 11.6. The average Bonchev–Trinajstić information content (AvgIpc) is 2.89. The van der Waals surface area contributed by atoms with Gasteiger partial charge < -0.3 is 5.73 Å². The van der Waals surface area contributed by atoms with Gasteiger partial charge in [-0.05, 0) is 31.2 Å². The van der Waals surface area contributed by atoms with Gasteiger partial charge in [-0.1, -0.05) is 41.2 Å². The molecular formula is C16H15N4OS+. The first-order valence-electron chi connectivity index (χ1n) is 6.75. The molecule has 0 fully saturated rings. The SMILES string of the molecule is Cc1ccc(C(=O)NC(N)=[NH+]c2nc3ccccc3s2)cc1. The number of carbonyl (C=O) groups is 1. The molecule has 22 heavy (non-hydrogen) atoms. The molecule has 0 spiro atoms. The Kier molecular flexibility index (Phi) is 3.84. The summed E-state index contributed by atoms with van der Waals surface area (Å²) in [5.74, 6) is -0.101. The number of nitrogens with zero attached hydrogens (tertiary/aromatic N) is 1. The van der Waals surface area contributed by atoms with E-state index < -0.39 is 0 Å². The van der Waals surface area contributed by atoms with Gasteiger partial charge in [0.15, 0.2) is 0 Å². The highest BCUT2D eigenvalue weighted by molar-refractivity contribution is 7.21. The molecule has 0 aliphatic rings. The minimum Gasteiger partial charge on any atom is -0.310 e. The molecule has 0 saturated heterocycles. The molecule has 0 aliphatic heterocycles. The van der Waals surface area contributed by atoms with E-state index in [1.165, 1.54) is 11.3 Å². The number of hydrogen-bond donors (Lipinski definition) is 3. The van der Waals surface area contributed by atoms with Crippen LogP contribution in [0.2, 0.25) is 0 Å². The van der Waals surface area contributed by atoms with Crippen LogP contribution in [0.1, 0.15) is 15.9 Å². The summed E-state index contributed by atoms with van der Waals surface area (Å²) in [6.45, 7) is 1.97. The molecule has 0 unspecified atom stereocenters. The fourth-order valence-electron chi connectivity index (χ4n) is 1.97. The third kappa shape index (κ3) is 3.12. The molecule has 4 N–H and O–H groups in total. The highest BCUT2D eigenvalue weighted by Gasteiger charge is 2.12. The number of thiazole rings is 1. The predicted molar refractivity (Wildman–Crippen MR) is 88.1 cm³/mol. The van der Waals surface area contributed by atoms with Crippen LogP contribution in [0.15, 0.2) is 48.5 Å². The van der Waals surface area contributed by atoms with Gasteiger partial charge in [0, 0.05) is 0 Å². The number of guanidine groups is 1. The van der Waals surface area contributed by atoms with E-state index in [0.29, 0.717) is 10.7 Å². The Labute approximate surface area is 131 Å². The first-order chi connectivity index (χ1) is 10.6. The van der Waals surface area contributed by atoms with Crippen LogP contribution in [0.25, 0.3) is 10.2 Å². The van der Waals surface area contributed by atoms with Gasteiger partial charge in [0.2, 0.25) is 0 Å². The second-order valence-corrected chi connectivity index (χ2v) is 5.88. The standard InChI is InChI=1S/C16H14N4OS/c1-10-6-8-11(9-7-10)14(21)19-15(17)20-16-18-12-4-2-3-5-13(12)22-16/h2-9H,1H3,(H3,17,18,19,20,21)/p+1. The molecule has 3 aromatic rings. The number of nitrogens with two attached hydrogens (primary N) is 1.